The Morgan fingerprint density at radius 1 is 1.23 bits per heavy atom. The molecule has 0 saturated heterocycles. The summed E-state index contributed by atoms with van der Waals surface area (Å²) in [7, 11) is 0. The Morgan fingerprint density at radius 3 is 2.65 bits per heavy atom. The van der Waals surface area contributed by atoms with Gasteiger partial charge in [0.15, 0.2) is 0 Å². The second-order valence-corrected chi connectivity index (χ2v) is 6.33. The molecule has 26 heavy (non-hydrogen) atoms. The van der Waals surface area contributed by atoms with Gasteiger partial charge in [-0.2, -0.15) is 0 Å². The molecule has 1 aromatic carbocycles. The molecule has 0 bridgehead atoms. The van der Waals surface area contributed by atoms with E-state index in [1.54, 1.807) is 18.2 Å². The number of amides is 1. The zero-order valence-corrected chi connectivity index (χ0v) is 14.5. The monoisotopic (exact) mass is 376 g/mol. The molecular formula is C16H17ClN6O3. The van der Waals surface area contributed by atoms with E-state index in [0.717, 1.165) is 25.7 Å². The summed E-state index contributed by atoms with van der Waals surface area (Å²) >= 11 is 5.86. The van der Waals surface area contributed by atoms with Crippen LogP contribution in [0, 0.1) is 10.1 Å². The third-order valence-electron chi connectivity index (χ3n) is 4.08. The lowest BCUT2D eigenvalue weighted by Gasteiger charge is -2.14. The van der Waals surface area contributed by atoms with Gasteiger partial charge in [-0.1, -0.05) is 30.5 Å². The lowest BCUT2D eigenvalue weighted by molar-refractivity contribution is -0.383. The molecule has 1 amide bonds. The Labute approximate surface area is 154 Å². The van der Waals surface area contributed by atoms with Crippen molar-refractivity contribution in [3.8, 4) is 0 Å². The lowest BCUT2D eigenvalue weighted by atomic mass is 10.2. The minimum atomic E-state index is -0.578. The van der Waals surface area contributed by atoms with Crippen LogP contribution in [0.5, 0.6) is 0 Å². The summed E-state index contributed by atoms with van der Waals surface area (Å²) in [6.45, 7) is 0. The van der Waals surface area contributed by atoms with Gasteiger partial charge in [-0.05, 0) is 31.0 Å². The maximum absolute atomic E-state index is 12.2. The van der Waals surface area contributed by atoms with Crippen molar-refractivity contribution in [1.29, 1.82) is 0 Å². The second kappa shape index (κ2) is 7.96. The molecule has 1 aliphatic rings. The molecular weight excluding hydrogens is 360 g/mol. The summed E-state index contributed by atoms with van der Waals surface area (Å²) in [6, 6.07) is 6.48. The molecule has 1 aromatic heterocycles. The van der Waals surface area contributed by atoms with Gasteiger partial charge in [0, 0.05) is 16.6 Å². The van der Waals surface area contributed by atoms with Gasteiger partial charge < -0.3 is 5.32 Å². The van der Waals surface area contributed by atoms with E-state index in [0.29, 0.717) is 10.6 Å². The van der Waals surface area contributed by atoms with Crippen LogP contribution in [0.25, 0.3) is 0 Å². The third-order valence-corrected chi connectivity index (χ3v) is 4.32. The van der Waals surface area contributed by atoms with E-state index in [1.165, 1.54) is 12.4 Å². The Morgan fingerprint density at radius 2 is 1.96 bits per heavy atom. The molecule has 1 aliphatic carbocycles. The van der Waals surface area contributed by atoms with Crippen LogP contribution in [0.4, 0.5) is 17.3 Å². The first-order chi connectivity index (χ1) is 12.5. The van der Waals surface area contributed by atoms with Crippen molar-refractivity contribution in [3.05, 3.63) is 51.3 Å². The summed E-state index contributed by atoms with van der Waals surface area (Å²) in [5.41, 5.74) is 4.89. The predicted molar refractivity (Wildman–Crippen MR) is 97.1 cm³/mol. The summed E-state index contributed by atoms with van der Waals surface area (Å²) in [4.78, 5) is 30.9. The minimum absolute atomic E-state index is 0.0964. The lowest BCUT2D eigenvalue weighted by Crippen LogP contribution is -2.30. The molecule has 3 N–H and O–H groups in total. The normalized spacial score (nSPS) is 14.0. The molecule has 136 valence electrons. The number of hydrogen-bond acceptors (Lipinski definition) is 7. The van der Waals surface area contributed by atoms with Crippen LogP contribution in [0.2, 0.25) is 5.02 Å². The van der Waals surface area contributed by atoms with Crippen molar-refractivity contribution in [3.63, 3.8) is 0 Å². The largest absolute Gasteiger partial charge is 0.361 e. The fraction of sp³-hybridized carbons (Fsp3) is 0.312. The average Bonchev–Trinajstić information content (AvgIpc) is 3.12. The van der Waals surface area contributed by atoms with Crippen LogP contribution in [-0.4, -0.2) is 26.8 Å². The number of carbonyl (C=O) groups excluding carboxylic acids is 1. The van der Waals surface area contributed by atoms with Gasteiger partial charge in [0.1, 0.15) is 6.33 Å². The number of hydrazine groups is 1. The van der Waals surface area contributed by atoms with Crippen LogP contribution in [0.1, 0.15) is 36.0 Å². The molecule has 2 aromatic rings. The van der Waals surface area contributed by atoms with Crippen molar-refractivity contribution < 1.29 is 9.72 Å². The van der Waals surface area contributed by atoms with Gasteiger partial charge in [-0.25, -0.2) is 9.97 Å². The molecule has 0 atom stereocenters. The molecule has 0 unspecified atom stereocenters. The van der Waals surface area contributed by atoms with Crippen LogP contribution in [0.15, 0.2) is 30.6 Å². The maximum Gasteiger partial charge on any atom is 0.354 e. The van der Waals surface area contributed by atoms with E-state index in [2.05, 4.69) is 26.1 Å². The van der Waals surface area contributed by atoms with E-state index in [-0.39, 0.29) is 23.4 Å². The number of aromatic nitrogens is 2. The van der Waals surface area contributed by atoms with Crippen molar-refractivity contribution >= 4 is 34.8 Å². The molecule has 9 nitrogen and oxygen atoms in total. The second-order valence-electron chi connectivity index (χ2n) is 5.89. The van der Waals surface area contributed by atoms with Crippen LogP contribution in [-0.2, 0) is 0 Å². The van der Waals surface area contributed by atoms with Crippen molar-refractivity contribution in [1.82, 2.24) is 15.4 Å². The predicted octanol–water partition coefficient (Wildman–Crippen LogP) is 3.15. The number of nitrogens with one attached hydrogen (secondary N) is 3. The van der Waals surface area contributed by atoms with E-state index in [1.807, 2.05) is 0 Å². The highest BCUT2D eigenvalue weighted by Gasteiger charge is 2.26. The Hall–Kier alpha value is -2.94. The fourth-order valence-electron chi connectivity index (χ4n) is 2.83. The van der Waals surface area contributed by atoms with Gasteiger partial charge in [-0.15, -0.1) is 0 Å². The number of hydrogen-bond donors (Lipinski definition) is 3. The van der Waals surface area contributed by atoms with E-state index in [9.17, 15) is 14.9 Å². The van der Waals surface area contributed by atoms with Gasteiger partial charge in [0.05, 0.1) is 4.92 Å². The zero-order chi connectivity index (χ0) is 18.5. The Balaban J connectivity index is 1.76. The zero-order valence-electron chi connectivity index (χ0n) is 13.7. The van der Waals surface area contributed by atoms with Gasteiger partial charge in [0.2, 0.25) is 11.6 Å². The highest BCUT2D eigenvalue weighted by Crippen LogP contribution is 2.31. The van der Waals surface area contributed by atoms with Gasteiger partial charge in [-0.3, -0.25) is 25.8 Å². The first-order valence-electron chi connectivity index (χ1n) is 8.12. The SMILES string of the molecule is O=C(NNc1ncnc(NC2CCCC2)c1[N+](=O)[O-])c1cccc(Cl)c1. The summed E-state index contributed by atoms with van der Waals surface area (Å²) < 4.78 is 0. The molecule has 1 saturated carbocycles. The number of anilines is 2. The highest BCUT2D eigenvalue weighted by atomic mass is 35.5. The summed E-state index contributed by atoms with van der Waals surface area (Å²) in [5.74, 6) is -0.456. The molecule has 0 aliphatic heterocycles. The summed E-state index contributed by atoms with van der Waals surface area (Å²) in [6.07, 6.45) is 5.25. The van der Waals surface area contributed by atoms with Gasteiger partial charge in [0.25, 0.3) is 5.91 Å². The number of nitro groups is 1. The van der Waals surface area contributed by atoms with Crippen LogP contribution in [0.3, 0.4) is 0 Å². The molecule has 3 rings (SSSR count). The maximum atomic E-state index is 12.2. The number of halogens is 1. The minimum Gasteiger partial charge on any atom is -0.361 e. The smallest absolute Gasteiger partial charge is 0.354 e. The molecule has 10 heteroatoms. The molecule has 0 radical (unpaired) electrons. The number of nitrogens with zero attached hydrogens (tertiary/aromatic N) is 3. The van der Waals surface area contributed by atoms with Crippen LogP contribution < -0.4 is 16.2 Å². The molecule has 0 spiro atoms. The van der Waals surface area contributed by atoms with E-state index in [4.69, 9.17) is 11.6 Å². The fourth-order valence-corrected chi connectivity index (χ4v) is 3.02. The molecule has 1 fully saturated rings. The highest BCUT2D eigenvalue weighted by molar-refractivity contribution is 6.30. The Bertz CT molecular complexity index is 825. The first kappa shape index (κ1) is 17.9. The van der Waals surface area contributed by atoms with E-state index < -0.39 is 10.8 Å². The van der Waals surface area contributed by atoms with E-state index >= 15 is 0 Å². The first-order valence-corrected chi connectivity index (χ1v) is 8.50. The third kappa shape index (κ3) is 4.17. The average molecular weight is 377 g/mol. The number of carbonyl (C=O) groups is 1. The number of benzene rings is 1. The number of rotatable bonds is 6. The van der Waals surface area contributed by atoms with Crippen molar-refractivity contribution in [2.24, 2.45) is 0 Å². The van der Waals surface area contributed by atoms with Gasteiger partial charge >= 0.3 is 5.69 Å². The Kier molecular flexibility index (Phi) is 5.47. The van der Waals surface area contributed by atoms with Crippen LogP contribution >= 0.6 is 11.6 Å². The topological polar surface area (TPSA) is 122 Å². The quantitative estimate of drug-likeness (QED) is 0.522. The van der Waals surface area contributed by atoms with Crippen molar-refractivity contribution in [2.75, 3.05) is 10.7 Å². The van der Waals surface area contributed by atoms with Crippen molar-refractivity contribution in [2.45, 2.75) is 31.7 Å². The standard InChI is InChI=1S/C16H17ClN6O3/c17-11-5-3-4-10(8-11)16(24)22-21-15-13(23(25)26)14(18-9-19-15)20-12-6-1-2-7-12/h3-5,8-9,12H,1-2,6-7H2,(H,22,24)(H2,18,19,20,21). The summed E-state index contributed by atoms with van der Waals surface area (Å²) in [5, 5.41) is 15.0. The molecule has 1 heterocycles.